The minimum Gasteiger partial charge on any atom is -0.349 e. The second kappa shape index (κ2) is 5.88. The van der Waals surface area contributed by atoms with Crippen LogP contribution in [0.5, 0.6) is 0 Å². The van der Waals surface area contributed by atoms with Crippen LogP contribution in [-0.2, 0) is 4.79 Å². The van der Waals surface area contributed by atoms with Gasteiger partial charge in [-0.2, -0.15) is 0 Å². The number of halogens is 1. The van der Waals surface area contributed by atoms with E-state index in [0.717, 1.165) is 34.5 Å². The zero-order chi connectivity index (χ0) is 15.1. The summed E-state index contributed by atoms with van der Waals surface area (Å²) in [5.74, 6) is 3.17. The van der Waals surface area contributed by atoms with E-state index in [0.29, 0.717) is 12.3 Å². The number of carbonyl (C=O) groups excluding carboxylic acids is 1. The Labute approximate surface area is 135 Å². The first-order valence-electron chi connectivity index (χ1n) is 8.40. The molecule has 2 saturated carbocycles. The van der Waals surface area contributed by atoms with Crippen molar-refractivity contribution >= 4 is 17.7 Å². The maximum absolute atomic E-state index is 13.5. The van der Waals surface area contributed by atoms with Crippen molar-refractivity contribution in [2.75, 3.05) is 5.75 Å². The highest BCUT2D eigenvalue weighted by molar-refractivity contribution is 7.99. The van der Waals surface area contributed by atoms with Gasteiger partial charge in [-0.05, 0) is 67.2 Å². The summed E-state index contributed by atoms with van der Waals surface area (Å²) < 4.78 is 13.5. The number of nitrogens with one attached hydrogen (secondary N) is 1. The Bertz CT molecular complexity index is 590. The molecule has 1 N–H and O–H groups in total. The molecule has 1 aliphatic heterocycles. The van der Waals surface area contributed by atoms with Crippen LogP contribution in [0.3, 0.4) is 0 Å². The fourth-order valence-corrected chi connectivity index (χ4v) is 5.74. The summed E-state index contributed by atoms with van der Waals surface area (Å²) in [5.41, 5.74) is 0.956. The first kappa shape index (κ1) is 14.6. The minimum atomic E-state index is -0.214. The van der Waals surface area contributed by atoms with Crippen LogP contribution in [0.15, 0.2) is 23.1 Å². The largest absolute Gasteiger partial charge is 0.349 e. The molecule has 0 unspecified atom stereocenters. The first-order chi connectivity index (χ1) is 10.7. The molecule has 2 nitrogen and oxygen atoms in total. The summed E-state index contributed by atoms with van der Waals surface area (Å²) >= 11 is 1.75. The Morgan fingerprint density at radius 1 is 1.27 bits per heavy atom. The van der Waals surface area contributed by atoms with E-state index in [1.807, 2.05) is 6.07 Å². The number of thioether (sulfide) groups is 1. The smallest absolute Gasteiger partial charge is 0.220 e. The Morgan fingerprint density at radius 3 is 2.95 bits per heavy atom. The molecule has 4 heteroatoms. The summed E-state index contributed by atoms with van der Waals surface area (Å²) in [4.78, 5) is 13.5. The van der Waals surface area contributed by atoms with Crippen molar-refractivity contribution in [3.05, 3.63) is 29.6 Å². The number of carbonyl (C=O) groups is 1. The van der Waals surface area contributed by atoms with E-state index in [1.54, 1.807) is 17.8 Å². The Hall–Kier alpha value is -1.03. The fourth-order valence-electron chi connectivity index (χ4n) is 4.63. The van der Waals surface area contributed by atoms with E-state index >= 15 is 0 Å². The third-order valence-electron chi connectivity index (χ3n) is 5.68. The van der Waals surface area contributed by atoms with Crippen molar-refractivity contribution in [1.29, 1.82) is 0 Å². The van der Waals surface area contributed by atoms with Crippen LogP contribution in [0.1, 0.15) is 50.1 Å². The molecule has 1 aromatic rings. The lowest BCUT2D eigenvalue weighted by Gasteiger charge is -2.27. The molecule has 118 valence electrons. The van der Waals surface area contributed by atoms with Gasteiger partial charge in [-0.15, -0.1) is 11.8 Å². The van der Waals surface area contributed by atoms with Crippen molar-refractivity contribution in [2.24, 2.45) is 17.8 Å². The van der Waals surface area contributed by atoms with Crippen LogP contribution in [0.2, 0.25) is 0 Å². The maximum atomic E-state index is 13.5. The summed E-state index contributed by atoms with van der Waals surface area (Å²) in [6, 6.07) is 4.91. The number of rotatable bonds is 3. The highest BCUT2D eigenvalue weighted by atomic mass is 32.2. The van der Waals surface area contributed by atoms with E-state index in [-0.39, 0.29) is 17.8 Å². The van der Waals surface area contributed by atoms with Crippen LogP contribution in [0.25, 0.3) is 0 Å². The average Bonchev–Trinajstić information content (AvgIpc) is 3.10. The molecule has 0 saturated heterocycles. The lowest BCUT2D eigenvalue weighted by Crippen LogP contribution is -2.32. The van der Waals surface area contributed by atoms with Gasteiger partial charge < -0.3 is 5.32 Å². The third kappa shape index (κ3) is 2.78. The van der Waals surface area contributed by atoms with Gasteiger partial charge in [-0.25, -0.2) is 4.39 Å². The van der Waals surface area contributed by atoms with Gasteiger partial charge in [0.05, 0.1) is 6.04 Å². The zero-order valence-corrected chi connectivity index (χ0v) is 13.5. The van der Waals surface area contributed by atoms with Crippen molar-refractivity contribution in [3.8, 4) is 0 Å². The summed E-state index contributed by atoms with van der Waals surface area (Å²) in [7, 11) is 0. The number of hydrogen-bond donors (Lipinski definition) is 1. The third-order valence-corrected chi connectivity index (χ3v) is 6.80. The number of amides is 1. The number of hydrogen-bond acceptors (Lipinski definition) is 2. The summed E-state index contributed by atoms with van der Waals surface area (Å²) in [6.07, 6.45) is 6.82. The molecule has 4 rings (SSSR count). The standard InChI is InChI=1S/C18H22FNOS/c19-14-3-4-17-15(10-14)16(5-6-22-17)20-18(21)9-13-8-11-1-2-12(13)7-11/h3-4,10-13,16H,1-2,5-9H2,(H,20,21)/t11-,12-,13+,16+/m0/s1. The van der Waals surface area contributed by atoms with Crippen LogP contribution in [0.4, 0.5) is 4.39 Å². The quantitative estimate of drug-likeness (QED) is 0.899. The number of benzene rings is 1. The molecule has 3 aliphatic rings. The van der Waals surface area contributed by atoms with Gasteiger partial charge >= 0.3 is 0 Å². The Morgan fingerprint density at radius 2 is 2.18 bits per heavy atom. The predicted octanol–water partition coefficient (Wildman–Crippen LogP) is 4.31. The minimum absolute atomic E-state index is 0.0157. The average molecular weight is 319 g/mol. The highest BCUT2D eigenvalue weighted by Crippen LogP contribution is 2.49. The Balaban J connectivity index is 1.41. The molecule has 0 spiro atoms. The predicted molar refractivity (Wildman–Crippen MR) is 86.2 cm³/mol. The first-order valence-corrected chi connectivity index (χ1v) is 9.39. The van der Waals surface area contributed by atoms with E-state index in [4.69, 9.17) is 0 Å². The summed E-state index contributed by atoms with van der Waals surface area (Å²) in [5, 5.41) is 3.17. The van der Waals surface area contributed by atoms with Crippen LogP contribution < -0.4 is 5.32 Å². The van der Waals surface area contributed by atoms with Crippen molar-refractivity contribution in [3.63, 3.8) is 0 Å². The van der Waals surface area contributed by atoms with Gasteiger partial charge in [0.2, 0.25) is 5.91 Å². The van der Waals surface area contributed by atoms with Crippen molar-refractivity contribution in [2.45, 2.75) is 49.5 Å². The molecule has 1 amide bonds. The Kier molecular flexibility index (Phi) is 3.89. The van der Waals surface area contributed by atoms with Gasteiger partial charge in [-0.3, -0.25) is 4.79 Å². The normalized spacial score (nSPS) is 32.8. The van der Waals surface area contributed by atoms with Crippen molar-refractivity contribution in [1.82, 2.24) is 5.32 Å². The van der Waals surface area contributed by atoms with Crippen LogP contribution in [0, 0.1) is 23.6 Å². The summed E-state index contributed by atoms with van der Waals surface area (Å²) in [6.45, 7) is 0. The van der Waals surface area contributed by atoms with Crippen molar-refractivity contribution < 1.29 is 9.18 Å². The van der Waals surface area contributed by atoms with Crippen LogP contribution >= 0.6 is 11.8 Å². The van der Waals surface area contributed by atoms with Gasteiger partial charge in [0.1, 0.15) is 5.82 Å². The zero-order valence-electron chi connectivity index (χ0n) is 12.7. The maximum Gasteiger partial charge on any atom is 0.220 e. The molecule has 22 heavy (non-hydrogen) atoms. The van der Waals surface area contributed by atoms with E-state index in [1.165, 1.54) is 31.7 Å². The second-order valence-electron chi connectivity index (χ2n) is 7.08. The van der Waals surface area contributed by atoms with Gasteiger partial charge in [-0.1, -0.05) is 6.42 Å². The molecule has 4 atom stereocenters. The van der Waals surface area contributed by atoms with E-state index < -0.39 is 0 Å². The molecular weight excluding hydrogens is 297 g/mol. The van der Waals surface area contributed by atoms with Gasteiger partial charge in [0.25, 0.3) is 0 Å². The molecule has 2 bridgehead atoms. The SMILES string of the molecule is O=C(C[C@H]1C[C@H]2CC[C@H]1C2)N[C@@H]1CCSc2ccc(F)cc21. The molecule has 1 heterocycles. The topological polar surface area (TPSA) is 29.1 Å². The van der Waals surface area contributed by atoms with Crippen LogP contribution in [-0.4, -0.2) is 11.7 Å². The van der Waals surface area contributed by atoms with Gasteiger partial charge in [0, 0.05) is 17.1 Å². The second-order valence-corrected chi connectivity index (χ2v) is 8.22. The molecular formula is C18H22FNOS. The monoisotopic (exact) mass is 319 g/mol. The molecule has 2 aliphatic carbocycles. The van der Waals surface area contributed by atoms with Gasteiger partial charge in [0.15, 0.2) is 0 Å². The number of fused-ring (bicyclic) bond motifs is 3. The van der Waals surface area contributed by atoms with E-state index in [9.17, 15) is 9.18 Å². The molecule has 2 fully saturated rings. The molecule has 1 aromatic carbocycles. The molecule has 0 aromatic heterocycles. The lowest BCUT2D eigenvalue weighted by molar-refractivity contribution is -0.123. The highest BCUT2D eigenvalue weighted by Gasteiger charge is 2.40. The lowest BCUT2D eigenvalue weighted by atomic mass is 9.86. The van der Waals surface area contributed by atoms with E-state index in [2.05, 4.69) is 5.32 Å². The molecule has 0 radical (unpaired) electrons. The fraction of sp³-hybridized carbons (Fsp3) is 0.611.